The van der Waals surface area contributed by atoms with Crippen LogP contribution in [0.3, 0.4) is 0 Å². The minimum Gasteiger partial charge on any atom is -0.337 e. The van der Waals surface area contributed by atoms with Crippen LogP contribution < -0.4 is 4.31 Å². The maximum absolute atomic E-state index is 13.3. The van der Waals surface area contributed by atoms with Crippen LogP contribution >= 0.6 is 0 Å². The third-order valence-electron chi connectivity index (χ3n) is 4.64. The van der Waals surface area contributed by atoms with Crippen LogP contribution in [0.1, 0.15) is 19.2 Å². The second kappa shape index (κ2) is 9.25. The van der Waals surface area contributed by atoms with E-state index >= 15 is 0 Å². The Kier molecular flexibility index (Phi) is 6.69. The van der Waals surface area contributed by atoms with E-state index in [1.165, 1.54) is 24.1 Å². The zero-order valence-corrected chi connectivity index (χ0v) is 18.2. The van der Waals surface area contributed by atoms with E-state index < -0.39 is 27.8 Å². The molecule has 1 heterocycles. The summed E-state index contributed by atoms with van der Waals surface area (Å²) in [5.41, 5.74) is 0.985. The average molecular weight is 447 g/mol. The molecule has 0 fully saturated rings. The fraction of sp³-hybridized carbons (Fsp3) is 0.286. The van der Waals surface area contributed by atoms with Gasteiger partial charge in [-0.25, -0.2) is 12.8 Å². The van der Waals surface area contributed by atoms with Gasteiger partial charge in [0.2, 0.25) is 27.6 Å². The topological polar surface area (TPSA) is 96.6 Å². The Balaban J connectivity index is 1.81. The quantitative estimate of drug-likeness (QED) is 0.528. The lowest BCUT2D eigenvalue weighted by molar-refractivity contribution is -0.132. The summed E-state index contributed by atoms with van der Waals surface area (Å²) < 4.78 is 44.5. The minimum atomic E-state index is -3.81. The van der Waals surface area contributed by atoms with Crippen molar-refractivity contribution in [2.45, 2.75) is 25.9 Å². The van der Waals surface area contributed by atoms with Crippen LogP contribution in [0.5, 0.6) is 0 Å². The fourth-order valence-electron chi connectivity index (χ4n) is 3.19. The van der Waals surface area contributed by atoms with Crippen LogP contribution in [0.15, 0.2) is 59.1 Å². The van der Waals surface area contributed by atoms with Gasteiger partial charge < -0.3 is 9.42 Å². The van der Waals surface area contributed by atoms with Gasteiger partial charge in [0, 0.05) is 12.6 Å². The summed E-state index contributed by atoms with van der Waals surface area (Å²) in [6.45, 7) is 1.72. The van der Waals surface area contributed by atoms with Crippen LogP contribution in [-0.2, 0) is 21.4 Å². The number of hydrogen-bond donors (Lipinski definition) is 0. The van der Waals surface area contributed by atoms with Crippen molar-refractivity contribution in [3.63, 3.8) is 0 Å². The molecule has 31 heavy (non-hydrogen) atoms. The first-order chi connectivity index (χ1) is 14.7. The monoisotopic (exact) mass is 446 g/mol. The van der Waals surface area contributed by atoms with Gasteiger partial charge in [0.05, 0.1) is 18.5 Å². The Morgan fingerprint density at radius 1 is 1.13 bits per heavy atom. The molecule has 0 aliphatic carbocycles. The Morgan fingerprint density at radius 2 is 1.77 bits per heavy atom. The molecule has 0 saturated carbocycles. The molecule has 1 amide bonds. The van der Waals surface area contributed by atoms with Crippen molar-refractivity contribution in [2.75, 3.05) is 17.6 Å². The van der Waals surface area contributed by atoms with Crippen molar-refractivity contribution in [3.05, 3.63) is 66.3 Å². The van der Waals surface area contributed by atoms with Crippen LogP contribution in [0.2, 0.25) is 0 Å². The molecule has 10 heteroatoms. The third-order valence-corrected chi connectivity index (χ3v) is 5.82. The SMILES string of the molecule is CCC(C(=O)N(C)Cc1nc(-c2ccccc2)no1)N(c1ccc(F)cc1)S(C)(=O)=O. The molecule has 0 aliphatic heterocycles. The molecule has 1 unspecified atom stereocenters. The van der Waals surface area contributed by atoms with E-state index in [0.717, 1.165) is 28.3 Å². The predicted octanol–water partition coefficient (Wildman–Crippen LogP) is 3.08. The van der Waals surface area contributed by atoms with Gasteiger partial charge in [-0.05, 0) is 30.7 Å². The van der Waals surface area contributed by atoms with Crippen molar-refractivity contribution >= 4 is 21.6 Å². The van der Waals surface area contributed by atoms with Gasteiger partial charge in [0.25, 0.3) is 0 Å². The maximum Gasteiger partial charge on any atom is 0.246 e. The lowest BCUT2D eigenvalue weighted by atomic mass is 10.1. The number of hydrogen-bond acceptors (Lipinski definition) is 6. The normalized spacial score (nSPS) is 12.4. The van der Waals surface area contributed by atoms with Crippen molar-refractivity contribution < 1.29 is 22.1 Å². The Labute approximate surface area is 180 Å². The molecule has 0 saturated heterocycles. The highest BCUT2D eigenvalue weighted by atomic mass is 32.2. The number of nitrogens with zero attached hydrogens (tertiary/aromatic N) is 4. The van der Waals surface area contributed by atoms with Crippen molar-refractivity contribution in [1.82, 2.24) is 15.0 Å². The van der Waals surface area contributed by atoms with Crippen LogP contribution in [-0.4, -0.2) is 48.7 Å². The first-order valence-corrected chi connectivity index (χ1v) is 11.4. The molecule has 0 radical (unpaired) electrons. The van der Waals surface area contributed by atoms with E-state index in [-0.39, 0.29) is 24.5 Å². The predicted molar refractivity (Wildman–Crippen MR) is 114 cm³/mol. The second-order valence-corrected chi connectivity index (χ2v) is 8.89. The van der Waals surface area contributed by atoms with E-state index in [0.29, 0.717) is 5.82 Å². The average Bonchev–Trinajstić information content (AvgIpc) is 3.20. The molecule has 1 atom stereocenters. The number of benzene rings is 2. The summed E-state index contributed by atoms with van der Waals surface area (Å²) in [4.78, 5) is 18.8. The number of carbonyl (C=O) groups excluding carboxylic acids is 1. The molecule has 164 valence electrons. The van der Waals surface area contributed by atoms with E-state index in [9.17, 15) is 17.6 Å². The molecular formula is C21H23FN4O4S. The van der Waals surface area contributed by atoms with Gasteiger partial charge in [0.1, 0.15) is 11.9 Å². The molecule has 0 aliphatic rings. The standard InChI is InChI=1S/C21H23FN4O4S/c1-4-18(26(31(3,28)29)17-12-10-16(22)11-13-17)21(27)25(2)14-19-23-20(24-30-19)15-8-6-5-7-9-15/h5-13,18H,4,14H2,1-3H3. The second-order valence-electron chi connectivity index (χ2n) is 7.03. The lowest BCUT2D eigenvalue weighted by Gasteiger charge is -2.32. The Morgan fingerprint density at radius 3 is 2.35 bits per heavy atom. The third kappa shape index (κ3) is 5.26. The van der Waals surface area contributed by atoms with E-state index in [2.05, 4.69) is 10.1 Å². The molecule has 0 bridgehead atoms. The van der Waals surface area contributed by atoms with Gasteiger partial charge in [-0.3, -0.25) is 9.10 Å². The number of carbonyl (C=O) groups is 1. The Bertz CT molecular complexity index is 1130. The number of anilines is 1. The van der Waals surface area contributed by atoms with E-state index in [1.807, 2.05) is 30.3 Å². The van der Waals surface area contributed by atoms with Gasteiger partial charge >= 0.3 is 0 Å². The van der Waals surface area contributed by atoms with Crippen LogP contribution in [0.25, 0.3) is 11.4 Å². The van der Waals surface area contributed by atoms with Crippen molar-refractivity contribution in [1.29, 1.82) is 0 Å². The minimum absolute atomic E-state index is 0.0101. The number of aromatic nitrogens is 2. The van der Waals surface area contributed by atoms with Gasteiger partial charge in [-0.2, -0.15) is 4.98 Å². The zero-order chi connectivity index (χ0) is 22.6. The number of sulfonamides is 1. The van der Waals surface area contributed by atoms with Crippen molar-refractivity contribution in [3.8, 4) is 11.4 Å². The molecular weight excluding hydrogens is 423 g/mol. The van der Waals surface area contributed by atoms with Gasteiger partial charge in [-0.1, -0.05) is 42.4 Å². The first kappa shape index (κ1) is 22.4. The molecule has 0 spiro atoms. The summed E-state index contributed by atoms with van der Waals surface area (Å²) in [7, 11) is -2.28. The molecule has 3 rings (SSSR count). The highest BCUT2D eigenvalue weighted by Crippen LogP contribution is 2.24. The summed E-state index contributed by atoms with van der Waals surface area (Å²) in [5.74, 6) is -0.333. The highest BCUT2D eigenvalue weighted by molar-refractivity contribution is 7.92. The first-order valence-electron chi connectivity index (χ1n) is 9.58. The van der Waals surface area contributed by atoms with Gasteiger partial charge in [-0.15, -0.1) is 0 Å². The fourth-order valence-corrected chi connectivity index (χ4v) is 4.40. The summed E-state index contributed by atoms with van der Waals surface area (Å²) >= 11 is 0. The lowest BCUT2D eigenvalue weighted by Crippen LogP contribution is -2.49. The van der Waals surface area contributed by atoms with Crippen molar-refractivity contribution in [2.24, 2.45) is 0 Å². The summed E-state index contributed by atoms with van der Waals surface area (Å²) in [6, 6.07) is 13.2. The number of amides is 1. The van der Waals surface area contributed by atoms with Gasteiger partial charge in [0.15, 0.2) is 0 Å². The zero-order valence-electron chi connectivity index (χ0n) is 17.4. The number of halogens is 1. The van der Waals surface area contributed by atoms with Crippen LogP contribution in [0.4, 0.5) is 10.1 Å². The largest absolute Gasteiger partial charge is 0.337 e. The maximum atomic E-state index is 13.3. The molecule has 0 N–H and O–H groups in total. The summed E-state index contributed by atoms with van der Waals surface area (Å²) in [5, 5.41) is 3.93. The van der Waals surface area contributed by atoms with E-state index in [1.54, 1.807) is 6.92 Å². The number of likely N-dealkylation sites (N-methyl/N-ethyl adjacent to an activating group) is 1. The molecule has 2 aromatic carbocycles. The summed E-state index contributed by atoms with van der Waals surface area (Å²) in [6.07, 6.45) is 1.23. The smallest absolute Gasteiger partial charge is 0.246 e. The molecule has 1 aromatic heterocycles. The van der Waals surface area contributed by atoms with Crippen LogP contribution in [0, 0.1) is 5.82 Å². The molecule has 8 nitrogen and oxygen atoms in total. The highest BCUT2D eigenvalue weighted by Gasteiger charge is 2.33. The molecule has 3 aromatic rings. The van der Waals surface area contributed by atoms with E-state index in [4.69, 9.17) is 4.52 Å². The number of rotatable bonds is 8. The Hall–Kier alpha value is -3.27.